The fourth-order valence-corrected chi connectivity index (χ4v) is 6.52. The van der Waals surface area contributed by atoms with Crippen molar-refractivity contribution in [1.29, 1.82) is 5.41 Å². The average molecular weight is 570 g/mol. The minimum absolute atomic E-state index is 0.00292. The first-order valence-corrected chi connectivity index (χ1v) is 14.1. The Morgan fingerprint density at radius 1 is 1.27 bits per heavy atom. The molecule has 3 N–H and O–H groups in total. The Labute approximate surface area is 232 Å². The molecule has 1 aliphatic rings. The second-order valence-electron chi connectivity index (χ2n) is 9.60. The van der Waals surface area contributed by atoms with Gasteiger partial charge in [-0.15, -0.1) is 0 Å². The highest BCUT2D eigenvalue weighted by Gasteiger charge is 2.53. The Hall–Kier alpha value is -4.10. The second-order valence-corrected chi connectivity index (χ2v) is 11.7. The third-order valence-electron chi connectivity index (χ3n) is 7.07. The number of carbonyl (C=O) groups excluding carboxylic acids is 1. The number of sulfonamides is 1. The number of aromatic nitrogens is 2. The van der Waals surface area contributed by atoms with E-state index in [9.17, 15) is 13.2 Å². The zero-order chi connectivity index (χ0) is 29.1. The highest BCUT2D eigenvalue weighted by molar-refractivity contribution is 7.90. The maximum atomic E-state index is 15.5. The van der Waals surface area contributed by atoms with E-state index in [1.54, 1.807) is 31.5 Å². The summed E-state index contributed by atoms with van der Waals surface area (Å²) in [5, 5.41) is 12.8. The number of carbonyl (C=O) groups is 1. The van der Waals surface area contributed by atoms with Gasteiger partial charge in [-0.1, -0.05) is 13.0 Å². The second kappa shape index (κ2) is 11.6. The third-order valence-corrected chi connectivity index (χ3v) is 9.35. The lowest BCUT2D eigenvalue weighted by Crippen LogP contribution is -2.68. The molecule has 1 amide bonds. The number of pyridine rings is 2. The Balaban J connectivity index is 1.70. The van der Waals surface area contributed by atoms with Crippen LogP contribution in [-0.2, 0) is 22.1 Å². The van der Waals surface area contributed by atoms with Crippen LogP contribution in [0.2, 0.25) is 0 Å². The van der Waals surface area contributed by atoms with E-state index < -0.39 is 32.5 Å². The normalized spacial score (nSPS) is 20.2. The van der Waals surface area contributed by atoms with Crippen molar-refractivity contribution in [1.82, 2.24) is 24.5 Å². The molecule has 2 aromatic heterocycles. The molecule has 212 valence electrons. The molecule has 0 saturated carbocycles. The lowest BCUT2D eigenvalue weighted by atomic mass is 9.86. The van der Waals surface area contributed by atoms with Crippen molar-refractivity contribution in [3.8, 4) is 5.75 Å². The maximum Gasteiger partial charge on any atom is 0.274 e. The smallest absolute Gasteiger partial charge is 0.274 e. The summed E-state index contributed by atoms with van der Waals surface area (Å²) in [4.78, 5) is 22.9. The maximum absolute atomic E-state index is 15.5. The van der Waals surface area contributed by atoms with Crippen LogP contribution < -0.4 is 15.4 Å². The van der Waals surface area contributed by atoms with E-state index in [0.717, 1.165) is 15.9 Å². The predicted octanol–water partition coefficient (Wildman–Crippen LogP) is 2.78. The van der Waals surface area contributed by atoms with Gasteiger partial charge in [0.2, 0.25) is 16.0 Å². The molecule has 0 spiro atoms. The molecule has 13 heteroatoms. The standard InChI is InChI=1S/C27H32FN7O4S/c1-5-35(16-18-7-6-12-30-14-18)17-24-27(2,33-26(29)34(3)40(24,37)38)21-13-19(8-10-22(21)28)32-25(36)23-11-9-20(39-4)15-31-23/h6-15,24H,5,16-17H2,1-4H3,(H2,29,33)(H,32,36)/t24-,27+/m0/s1. The summed E-state index contributed by atoms with van der Waals surface area (Å²) in [6.45, 7) is 4.46. The number of hydrogen-bond acceptors (Lipinski definition) is 8. The fourth-order valence-electron chi connectivity index (χ4n) is 4.66. The molecule has 11 nitrogen and oxygen atoms in total. The molecule has 1 fully saturated rings. The number of hydrogen-bond donors (Lipinski definition) is 3. The van der Waals surface area contributed by atoms with Crippen LogP contribution in [0.4, 0.5) is 10.1 Å². The molecule has 0 aliphatic carbocycles. The van der Waals surface area contributed by atoms with Crippen LogP contribution in [0.3, 0.4) is 0 Å². The number of guanidine groups is 1. The highest BCUT2D eigenvalue weighted by Crippen LogP contribution is 2.37. The molecule has 3 heterocycles. The Morgan fingerprint density at radius 3 is 2.67 bits per heavy atom. The number of anilines is 1. The van der Waals surface area contributed by atoms with Crippen LogP contribution in [0.5, 0.6) is 5.75 Å². The van der Waals surface area contributed by atoms with Crippen molar-refractivity contribution in [2.45, 2.75) is 31.2 Å². The molecule has 40 heavy (non-hydrogen) atoms. The van der Waals surface area contributed by atoms with Gasteiger partial charge in [0.05, 0.1) is 18.8 Å². The van der Waals surface area contributed by atoms with Crippen LogP contribution in [0, 0.1) is 11.2 Å². The number of ether oxygens (including phenoxy) is 1. The number of benzene rings is 1. The van der Waals surface area contributed by atoms with Gasteiger partial charge in [0.25, 0.3) is 5.91 Å². The van der Waals surface area contributed by atoms with E-state index in [4.69, 9.17) is 10.1 Å². The average Bonchev–Trinajstić information content (AvgIpc) is 2.95. The lowest BCUT2D eigenvalue weighted by molar-refractivity contribution is 0.102. The largest absolute Gasteiger partial charge is 0.495 e. The van der Waals surface area contributed by atoms with E-state index in [0.29, 0.717) is 18.8 Å². The van der Waals surface area contributed by atoms with E-state index in [1.165, 1.54) is 38.6 Å². The summed E-state index contributed by atoms with van der Waals surface area (Å²) >= 11 is 0. The quantitative estimate of drug-likeness (QED) is 0.357. The molecule has 0 bridgehead atoms. The fraction of sp³-hybridized carbons (Fsp3) is 0.333. The number of nitrogens with one attached hydrogen (secondary N) is 3. The summed E-state index contributed by atoms with van der Waals surface area (Å²) in [6, 6.07) is 10.7. The molecule has 1 saturated heterocycles. The first kappa shape index (κ1) is 28.9. The van der Waals surface area contributed by atoms with E-state index >= 15 is 4.39 Å². The van der Waals surface area contributed by atoms with Gasteiger partial charge >= 0.3 is 0 Å². The summed E-state index contributed by atoms with van der Waals surface area (Å²) in [6.07, 6.45) is 4.77. The molecule has 0 unspecified atom stereocenters. The van der Waals surface area contributed by atoms with Gasteiger partial charge < -0.3 is 15.4 Å². The van der Waals surface area contributed by atoms with Gasteiger partial charge in [0.1, 0.15) is 22.5 Å². The molecular formula is C27H32FN7O4S. The summed E-state index contributed by atoms with van der Waals surface area (Å²) < 4.78 is 48.9. The zero-order valence-electron chi connectivity index (χ0n) is 22.7. The van der Waals surface area contributed by atoms with Crippen LogP contribution in [-0.4, -0.2) is 72.0 Å². The van der Waals surface area contributed by atoms with Crippen molar-refractivity contribution in [3.05, 3.63) is 83.7 Å². The topological polar surface area (TPSA) is 141 Å². The van der Waals surface area contributed by atoms with Crippen molar-refractivity contribution in [2.75, 3.05) is 32.6 Å². The van der Waals surface area contributed by atoms with Crippen molar-refractivity contribution in [2.24, 2.45) is 0 Å². The zero-order valence-corrected chi connectivity index (χ0v) is 23.5. The Bertz CT molecular complexity index is 1490. The van der Waals surface area contributed by atoms with E-state index in [2.05, 4.69) is 20.6 Å². The van der Waals surface area contributed by atoms with Gasteiger partial charge in [-0.2, -0.15) is 0 Å². The van der Waals surface area contributed by atoms with Gasteiger partial charge in [-0.3, -0.25) is 20.1 Å². The number of rotatable bonds is 9. The Morgan fingerprint density at radius 2 is 2.05 bits per heavy atom. The van der Waals surface area contributed by atoms with Gasteiger partial charge in [-0.25, -0.2) is 22.1 Å². The minimum Gasteiger partial charge on any atom is -0.495 e. The number of nitrogens with zero attached hydrogens (tertiary/aromatic N) is 4. The van der Waals surface area contributed by atoms with Crippen LogP contribution in [0.25, 0.3) is 0 Å². The first-order valence-electron chi connectivity index (χ1n) is 12.6. The van der Waals surface area contributed by atoms with Crippen molar-refractivity contribution in [3.63, 3.8) is 0 Å². The molecular weight excluding hydrogens is 537 g/mol. The molecule has 0 radical (unpaired) electrons. The van der Waals surface area contributed by atoms with Crippen molar-refractivity contribution >= 4 is 27.6 Å². The predicted molar refractivity (Wildman–Crippen MR) is 149 cm³/mol. The molecule has 2 atom stereocenters. The summed E-state index contributed by atoms with van der Waals surface area (Å²) in [5.74, 6) is -1.11. The number of halogens is 1. The van der Waals surface area contributed by atoms with Crippen LogP contribution in [0.15, 0.2) is 61.1 Å². The van der Waals surface area contributed by atoms with E-state index in [1.807, 2.05) is 17.9 Å². The summed E-state index contributed by atoms with van der Waals surface area (Å²) in [7, 11) is -1.31. The monoisotopic (exact) mass is 569 g/mol. The first-order chi connectivity index (χ1) is 19.0. The van der Waals surface area contributed by atoms with Crippen LogP contribution in [0.1, 0.15) is 35.5 Å². The molecule has 1 aromatic carbocycles. The van der Waals surface area contributed by atoms with Crippen LogP contribution >= 0.6 is 0 Å². The van der Waals surface area contributed by atoms with E-state index in [-0.39, 0.29) is 29.4 Å². The van der Waals surface area contributed by atoms with Gasteiger partial charge in [0.15, 0.2) is 0 Å². The molecule has 4 rings (SSSR count). The van der Waals surface area contributed by atoms with Gasteiger partial charge in [0, 0.05) is 43.8 Å². The molecule has 1 aliphatic heterocycles. The lowest BCUT2D eigenvalue weighted by Gasteiger charge is -2.47. The Kier molecular flexibility index (Phi) is 8.35. The summed E-state index contributed by atoms with van der Waals surface area (Å²) in [5.41, 5.74) is -0.292. The van der Waals surface area contributed by atoms with Gasteiger partial charge in [-0.05, 0) is 55.4 Å². The van der Waals surface area contributed by atoms with Crippen molar-refractivity contribution < 1.29 is 22.3 Å². The SMILES string of the molecule is CCN(Cc1cccnc1)C[C@H]1[C@@](C)(c2cc(NC(=O)c3ccc(OC)cn3)ccc2F)NC(=N)N(C)S1(=O)=O. The molecule has 3 aromatic rings. The number of methoxy groups -OCH3 is 1. The minimum atomic E-state index is -4.09. The third kappa shape index (κ3) is 5.75. The highest BCUT2D eigenvalue weighted by atomic mass is 32.2. The number of amides is 1.